The molecular weight excluding hydrogens is 650 g/mol. The molecule has 1 N–H and O–H groups in total. The summed E-state index contributed by atoms with van der Waals surface area (Å²) in [6, 6.07) is 35.1. The van der Waals surface area contributed by atoms with E-state index in [1.165, 1.54) is 12.7 Å². The van der Waals surface area contributed by atoms with Crippen molar-refractivity contribution >= 4 is 34.9 Å². The van der Waals surface area contributed by atoms with E-state index in [9.17, 15) is 14.4 Å². The Hall–Kier alpha value is -6.40. The number of nitrogens with one attached hydrogen (secondary N) is 1. The quantitative estimate of drug-likeness (QED) is 0.126. The van der Waals surface area contributed by atoms with E-state index in [4.69, 9.17) is 18.9 Å². The molecule has 4 aromatic carbocycles. The Labute approximate surface area is 293 Å². The van der Waals surface area contributed by atoms with Crippen LogP contribution in [0.4, 0.5) is 5.82 Å². The Balaban J connectivity index is 1.27. The van der Waals surface area contributed by atoms with Gasteiger partial charge in [-0.05, 0) is 48.9 Å². The van der Waals surface area contributed by atoms with E-state index in [2.05, 4.69) is 20.3 Å². The Bertz CT molecular complexity index is 2130. The van der Waals surface area contributed by atoms with E-state index in [-0.39, 0.29) is 17.7 Å². The van der Waals surface area contributed by atoms with Gasteiger partial charge in [-0.3, -0.25) is 4.57 Å². The first-order valence-corrected chi connectivity index (χ1v) is 16.3. The molecule has 12 heteroatoms. The first-order chi connectivity index (χ1) is 24.9. The van der Waals surface area contributed by atoms with E-state index < -0.39 is 41.9 Å². The summed E-state index contributed by atoms with van der Waals surface area (Å²) in [4.78, 5) is 54.0. The van der Waals surface area contributed by atoms with Crippen LogP contribution in [0.25, 0.3) is 11.2 Å². The lowest BCUT2D eigenvalue weighted by Gasteiger charge is -2.34. The van der Waals surface area contributed by atoms with E-state index in [0.717, 1.165) is 5.56 Å². The number of hydrogen-bond acceptors (Lipinski definition) is 11. The number of carbonyl (C=O) groups is 3. The van der Waals surface area contributed by atoms with Crippen LogP contribution in [0.15, 0.2) is 134 Å². The van der Waals surface area contributed by atoms with Crippen molar-refractivity contribution in [1.82, 2.24) is 19.5 Å². The zero-order chi connectivity index (χ0) is 35.2. The number of esters is 3. The summed E-state index contributed by atoms with van der Waals surface area (Å²) >= 11 is 0. The number of ether oxygens (including phenoxy) is 4. The number of aromatic nitrogens is 4. The molecule has 0 bridgehead atoms. The Kier molecular flexibility index (Phi) is 9.48. The molecule has 51 heavy (non-hydrogen) atoms. The second-order valence-corrected chi connectivity index (χ2v) is 12.0. The minimum Gasteiger partial charge on any atom is -0.459 e. The molecule has 7 rings (SSSR count). The third-order valence-electron chi connectivity index (χ3n) is 8.56. The summed E-state index contributed by atoms with van der Waals surface area (Å²) in [7, 11) is 0. The average molecular weight is 684 g/mol. The number of anilines is 1. The monoisotopic (exact) mass is 683 g/mol. The van der Waals surface area contributed by atoms with Gasteiger partial charge in [-0.2, -0.15) is 0 Å². The zero-order valence-electron chi connectivity index (χ0n) is 27.5. The second kappa shape index (κ2) is 14.6. The largest absolute Gasteiger partial charge is 0.459 e. The van der Waals surface area contributed by atoms with Crippen LogP contribution in [0.2, 0.25) is 0 Å². The van der Waals surface area contributed by atoms with Crippen LogP contribution in [-0.4, -0.2) is 61.8 Å². The number of carbonyl (C=O) groups excluding carboxylic acids is 3. The summed E-state index contributed by atoms with van der Waals surface area (Å²) in [5.41, 5.74) is 1.02. The minimum atomic E-state index is -1.70. The SMILES string of the molecule is CC1(OC(=O)c2ccccc2)C(OC(=O)c2ccccc2)C(COC(=O)c2ccccc2)OC1n1cnc2c(NCc3ccccc3)ncnc21. The number of rotatable bonds is 11. The molecule has 3 heterocycles. The summed E-state index contributed by atoms with van der Waals surface area (Å²) in [6.07, 6.45) is -0.607. The van der Waals surface area contributed by atoms with Crippen molar-refractivity contribution in [1.29, 1.82) is 0 Å². The van der Waals surface area contributed by atoms with Gasteiger partial charge in [-0.1, -0.05) is 84.9 Å². The fourth-order valence-corrected chi connectivity index (χ4v) is 5.99. The summed E-state index contributed by atoms with van der Waals surface area (Å²) in [5.74, 6) is -1.49. The fraction of sp³-hybridized carbons (Fsp3) is 0.179. The molecule has 12 nitrogen and oxygen atoms in total. The highest BCUT2D eigenvalue weighted by molar-refractivity contribution is 5.91. The molecule has 1 aliphatic heterocycles. The maximum Gasteiger partial charge on any atom is 0.338 e. The number of imidazole rings is 1. The van der Waals surface area contributed by atoms with Crippen LogP contribution in [-0.2, 0) is 25.5 Å². The standard InChI is InChI=1S/C39H33N5O7/c1-39(51-37(47)29-20-12-5-13-21-29)32(50-36(46)28-18-10-4-11-19-28)30(23-48-35(45)27-16-8-3-9-17-27)49-38(39)44-25-43-31-33(41-24-42-34(31)44)40-22-26-14-6-2-7-15-26/h2-21,24-25,30,32,38H,22-23H2,1H3,(H,40,41,42). The summed E-state index contributed by atoms with van der Waals surface area (Å²) in [5, 5.41) is 3.31. The molecule has 0 spiro atoms. The first-order valence-electron chi connectivity index (χ1n) is 16.3. The van der Waals surface area contributed by atoms with Crippen molar-refractivity contribution in [2.75, 3.05) is 11.9 Å². The normalized spacial score (nSPS) is 19.7. The molecule has 4 unspecified atom stereocenters. The molecule has 6 aromatic rings. The fourth-order valence-electron chi connectivity index (χ4n) is 5.99. The van der Waals surface area contributed by atoms with Crippen LogP contribution >= 0.6 is 0 Å². The van der Waals surface area contributed by atoms with Gasteiger partial charge in [0.05, 0.1) is 23.0 Å². The average Bonchev–Trinajstić information content (AvgIpc) is 3.72. The van der Waals surface area contributed by atoms with Crippen molar-refractivity contribution in [2.45, 2.75) is 37.5 Å². The smallest absolute Gasteiger partial charge is 0.338 e. The Morgan fingerprint density at radius 2 is 1.31 bits per heavy atom. The zero-order valence-corrected chi connectivity index (χ0v) is 27.5. The first kappa shape index (κ1) is 33.1. The predicted octanol–water partition coefficient (Wildman–Crippen LogP) is 6.03. The molecule has 0 aliphatic carbocycles. The van der Waals surface area contributed by atoms with E-state index in [1.807, 2.05) is 30.3 Å². The Morgan fingerprint density at radius 3 is 1.94 bits per heavy atom. The highest BCUT2D eigenvalue weighted by atomic mass is 16.7. The lowest BCUT2D eigenvalue weighted by Crippen LogP contribution is -2.50. The number of hydrogen-bond donors (Lipinski definition) is 1. The van der Waals surface area contributed by atoms with E-state index in [1.54, 1.807) is 102 Å². The number of nitrogens with zero attached hydrogens (tertiary/aromatic N) is 4. The minimum absolute atomic E-state index is 0.271. The van der Waals surface area contributed by atoms with Gasteiger partial charge < -0.3 is 24.3 Å². The van der Waals surface area contributed by atoms with E-state index in [0.29, 0.717) is 29.1 Å². The highest BCUT2D eigenvalue weighted by Crippen LogP contribution is 2.45. The maximum absolute atomic E-state index is 13.8. The van der Waals surface area contributed by atoms with E-state index >= 15 is 0 Å². The molecule has 2 aromatic heterocycles. The molecule has 256 valence electrons. The van der Waals surface area contributed by atoms with Crippen molar-refractivity contribution in [3.8, 4) is 0 Å². The lowest BCUT2D eigenvalue weighted by molar-refractivity contribution is -0.108. The molecule has 0 radical (unpaired) electrons. The maximum atomic E-state index is 13.8. The van der Waals surface area contributed by atoms with Gasteiger partial charge in [-0.15, -0.1) is 0 Å². The van der Waals surface area contributed by atoms with Crippen molar-refractivity contribution in [3.63, 3.8) is 0 Å². The van der Waals surface area contributed by atoms with Crippen LogP contribution in [0, 0.1) is 0 Å². The van der Waals surface area contributed by atoms with Crippen molar-refractivity contribution < 1.29 is 33.3 Å². The Morgan fingerprint density at radius 1 is 0.745 bits per heavy atom. The molecular formula is C39H33N5O7. The summed E-state index contributed by atoms with van der Waals surface area (Å²) in [6.45, 7) is 1.77. The van der Waals surface area contributed by atoms with Gasteiger partial charge in [0.1, 0.15) is 19.0 Å². The van der Waals surface area contributed by atoms with Crippen LogP contribution < -0.4 is 5.32 Å². The third kappa shape index (κ3) is 7.03. The molecule has 1 saturated heterocycles. The molecule has 0 saturated carbocycles. The van der Waals surface area contributed by atoms with Crippen molar-refractivity contribution in [3.05, 3.63) is 156 Å². The van der Waals surface area contributed by atoms with Gasteiger partial charge in [0.2, 0.25) is 0 Å². The lowest BCUT2D eigenvalue weighted by atomic mass is 9.95. The number of fused-ring (bicyclic) bond motifs is 1. The topological polar surface area (TPSA) is 144 Å². The third-order valence-corrected chi connectivity index (χ3v) is 8.56. The van der Waals surface area contributed by atoms with Gasteiger partial charge in [0.25, 0.3) is 0 Å². The van der Waals surface area contributed by atoms with Crippen LogP contribution in [0.5, 0.6) is 0 Å². The van der Waals surface area contributed by atoms with Gasteiger partial charge in [0.15, 0.2) is 34.9 Å². The van der Waals surface area contributed by atoms with Gasteiger partial charge in [0, 0.05) is 6.54 Å². The summed E-state index contributed by atoms with van der Waals surface area (Å²) < 4.78 is 26.3. The molecule has 1 aliphatic rings. The van der Waals surface area contributed by atoms with Crippen LogP contribution in [0.1, 0.15) is 49.8 Å². The predicted molar refractivity (Wildman–Crippen MR) is 186 cm³/mol. The number of benzene rings is 4. The van der Waals surface area contributed by atoms with Crippen molar-refractivity contribution in [2.24, 2.45) is 0 Å². The second-order valence-electron chi connectivity index (χ2n) is 12.0. The van der Waals surface area contributed by atoms with Gasteiger partial charge in [-0.25, -0.2) is 29.3 Å². The van der Waals surface area contributed by atoms with Gasteiger partial charge >= 0.3 is 17.9 Å². The molecule has 4 atom stereocenters. The van der Waals surface area contributed by atoms with Crippen LogP contribution in [0.3, 0.4) is 0 Å². The molecule has 0 amide bonds. The highest BCUT2D eigenvalue weighted by Gasteiger charge is 2.60. The molecule has 1 fully saturated rings.